The lowest BCUT2D eigenvalue weighted by Gasteiger charge is -2.19. The Balaban J connectivity index is 3.26. The first-order valence-electron chi connectivity index (χ1n) is 4.85. The Morgan fingerprint density at radius 1 is 1.14 bits per heavy atom. The second-order valence-electron chi connectivity index (χ2n) is 3.71. The van der Waals surface area contributed by atoms with E-state index < -0.39 is 44.4 Å². The van der Waals surface area contributed by atoms with Gasteiger partial charge >= 0.3 is 18.0 Å². The van der Waals surface area contributed by atoms with Gasteiger partial charge in [-0.2, -0.15) is 22.0 Å². The Bertz CT molecular complexity index is 671. The van der Waals surface area contributed by atoms with Crippen molar-refractivity contribution in [3.05, 3.63) is 24.0 Å². The van der Waals surface area contributed by atoms with Crippen molar-refractivity contribution in [1.29, 1.82) is 0 Å². The molecule has 1 aromatic rings. The summed E-state index contributed by atoms with van der Waals surface area (Å²) in [5, 5.41) is 5.66. The van der Waals surface area contributed by atoms with Gasteiger partial charge in [-0.3, -0.25) is 4.79 Å². The normalized spacial score (nSPS) is 13.1. The van der Waals surface area contributed by atoms with Gasteiger partial charge in [-0.1, -0.05) is 0 Å². The molecule has 0 atom stereocenters. The fourth-order valence-corrected chi connectivity index (χ4v) is 1.85. The molecule has 0 bridgehead atoms. The van der Waals surface area contributed by atoms with Gasteiger partial charge in [-0.15, -0.1) is 0 Å². The highest BCUT2D eigenvalue weighted by Crippen LogP contribution is 2.36. The van der Waals surface area contributed by atoms with E-state index in [-0.39, 0.29) is 6.07 Å². The number of hydrogen-bond donors (Lipinski definition) is 2. The maximum Gasteiger partial charge on any atom is 0.463 e. The Hall–Kier alpha value is -1.82. The van der Waals surface area contributed by atoms with Gasteiger partial charge in [0, 0.05) is 0 Å². The van der Waals surface area contributed by atoms with E-state index in [2.05, 4.69) is 5.14 Å². The van der Waals surface area contributed by atoms with Crippen molar-refractivity contribution in [3.63, 3.8) is 0 Å². The van der Waals surface area contributed by atoms with Crippen LogP contribution in [0.25, 0.3) is 0 Å². The fourth-order valence-electron chi connectivity index (χ4n) is 1.18. The molecule has 0 aliphatic heterocycles. The molecule has 0 saturated heterocycles. The zero-order valence-electron chi connectivity index (χ0n) is 9.71. The number of nitrogens with one attached hydrogen (secondary N) is 1. The second-order valence-corrected chi connectivity index (χ2v) is 5.24. The number of alkyl halides is 5. The molecule has 1 amide bonds. The first kappa shape index (κ1) is 17.2. The van der Waals surface area contributed by atoms with Crippen LogP contribution in [0.15, 0.2) is 23.1 Å². The molecule has 12 heteroatoms. The van der Waals surface area contributed by atoms with Crippen molar-refractivity contribution in [2.45, 2.75) is 17.0 Å². The fraction of sp³-hybridized carbons (Fsp3) is 0.222. The van der Waals surface area contributed by atoms with Crippen LogP contribution >= 0.6 is 0 Å². The molecule has 0 aliphatic rings. The summed E-state index contributed by atoms with van der Waals surface area (Å²) in [5.74, 6) is -9.85. The molecular weight excluding hydrogens is 330 g/mol. The molecular formula is C9H6F6N2O3S. The van der Waals surface area contributed by atoms with Gasteiger partial charge in [0.05, 0.1) is 5.69 Å². The van der Waals surface area contributed by atoms with Crippen LogP contribution in [0.2, 0.25) is 0 Å². The number of carbonyl (C=O) groups is 1. The number of anilines is 1. The minimum atomic E-state index is -6.20. The summed E-state index contributed by atoms with van der Waals surface area (Å²) in [5.41, 5.74) is -1.13. The molecule has 5 nitrogen and oxygen atoms in total. The SMILES string of the molecule is NS(=O)(=O)c1ccc(F)cc1NC(=O)C(F)(F)C(F)(F)F. The third-order valence-corrected chi connectivity index (χ3v) is 3.11. The number of benzene rings is 1. The first-order chi connectivity index (χ1) is 9.26. The Morgan fingerprint density at radius 3 is 2.10 bits per heavy atom. The number of halogens is 6. The van der Waals surface area contributed by atoms with Crippen LogP contribution in [0, 0.1) is 5.82 Å². The summed E-state index contributed by atoms with van der Waals surface area (Å²) >= 11 is 0. The van der Waals surface area contributed by atoms with Crippen LogP contribution in [-0.4, -0.2) is 26.4 Å². The molecule has 1 rings (SSSR count). The van der Waals surface area contributed by atoms with E-state index in [1.807, 2.05) is 0 Å². The maximum atomic E-state index is 12.9. The van der Waals surface area contributed by atoms with Gasteiger partial charge in [0.25, 0.3) is 0 Å². The van der Waals surface area contributed by atoms with Crippen molar-refractivity contribution in [2.24, 2.45) is 5.14 Å². The average Bonchev–Trinajstić information content (AvgIpc) is 2.25. The van der Waals surface area contributed by atoms with Gasteiger partial charge in [0.1, 0.15) is 10.7 Å². The summed E-state index contributed by atoms with van der Waals surface area (Å²) in [6.45, 7) is 0. The van der Waals surface area contributed by atoms with E-state index in [1.165, 1.54) is 0 Å². The van der Waals surface area contributed by atoms with Crippen molar-refractivity contribution in [2.75, 3.05) is 5.32 Å². The summed E-state index contributed by atoms with van der Waals surface area (Å²) in [6, 6.07) is 1.31. The Kier molecular flexibility index (Phi) is 4.25. The van der Waals surface area contributed by atoms with E-state index in [1.54, 1.807) is 0 Å². The van der Waals surface area contributed by atoms with Crippen LogP contribution in [0.1, 0.15) is 0 Å². The van der Waals surface area contributed by atoms with E-state index in [4.69, 9.17) is 0 Å². The molecule has 0 aliphatic carbocycles. The smallest absolute Gasteiger partial charge is 0.319 e. The van der Waals surface area contributed by atoms with Crippen LogP contribution < -0.4 is 10.5 Å². The average molecular weight is 336 g/mol. The lowest BCUT2D eigenvalue weighted by molar-refractivity contribution is -0.267. The maximum absolute atomic E-state index is 12.9. The van der Waals surface area contributed by atoms with Gasteiger partial charge in [0.2, 0.25) is 10.0 Å². The molecule has 118 valence electrons. The molecule has 3 N–H and O–H groups in total. The van der Waals surface area contributed by atoms with Crippen LogP contribution in [-0.2, 0) is 14.8 Å². The third-order valence-electron chi connectivity index (χ3n) is 2.14. The van der Waals surface area contributed by atoms with Gasteiger partial charge in [-0.05, 0) is 18.2 Å². The molecule has 1 aromatic carbocycles. The number of nitrogens with two attached hydrogens (primary N) is 1. The van der Waals surface area contributed by atoms with Crippen molar-refractivity contribution >= 4 is 21.6 Å². The third kappa shape index (κ3) is 3.64. The number of hydrogen-bond acceptors (Lipinski definition) is 3. The predicted octanol–water partition coefficient (Wildman–Crippen LogP) is 1.61. The number of primary sulfonamides is 1. The lowest BCUT2D eigenvalue weighted by Crippen LogP contribution is -2.47. The van der Waals surface area contributed by atoms with E-state index >= 15 is 0 Å². The number of rotatable bonds is 3. The minimum Gasteiger partial charge on any atom is -0.319 e. The van der Waals surface area contributed by atoms with E-state index in [0.29, 0.717) is 12.1 Å². The molecule has 0 heterocycles. The van der Waals surface area contributed by atoms with Crippen molar-refractivity contribution < 1.29 is 39.6 Å². The molecule has 0 unspecified atom stereocenters. The zero-order valence-corrected chi connectivity index (χ0v) is 10.5. The van der Waals surface area contributed by atoms with Crippen LogP contribution in [0.4, 0.5) is 32.0 Å². The van der Waals surface area contributed by atoms with Gasteiger partial charge in [0.15, 0.2) is 0 Å². The number of sulfonamides is 1. The standard InChI is InChI=1S/C9H6F6N2O3S/c10-4-1-2-6(21(16,19)20)5(3-4)17-7(18)8(11,12)9(13,14)15/h1-3H,(H,17,18)(H2,16,19,20). The lowest BCUT2D eigenvalue weighted by atomic mass is 10.2. The molecule has 0 spiro atoms. The number of amides is 1. The molecule has 0 radical (unpaired) electrons. The predicted molar refractivity (Wildman–Crippen MR) is 57.4 cm³/mol. The summed E-state index contributed by atoms with van der Waals surface area (Å²) in [7, 11) is -4.58. The Labute approximate surface area is 113 Å². The van der Waals surface area contributed by atoms with E-state index in [0.717, 1.165) is 5.32 Å². The summed E-state index contributed by atoms with van der Waals surface area (Å²) in [4.78, 5) is 9.91. The second kappa shape index (κ2) is 5.18. The van der Waals surface area contributed by atoms with Crippen molar-refractivity contribution in [3.8, 4) is 0 Å². The van der Waals surface area contributed by atoms with Crippen molar-refractivity contribution in [1.82, 2.24) is 0 Å². The molecule has 0 fully saturated rings. The van der Waals surface area contributed by atoms with Crippen LogP contribution in [0.3, 0.4) is 0 Å². The summed E-state index contributed by atoms with van der Waals surface area (Å²) in [6.07, 6.45) is -6.20. The molecule has 0 saturated carbocycles. The first-order valence-corrected chi connectivity index (χ1v) is 6.40. The number of carbonyl (C=O) groups excluding carboxylic acids is 1. The molecule has 0 aromatic heterocycles. The van der Waals surface area contributed by atoms with Gasteiger partial charge < -0.3 is 5.32 Å². The van der Waals surface area contributed by atoms with Gasteiger partial charge in [-0.25, -0.2) is 17.9 Å². The van der Waals surface area contributed by atoms with Crippen LogP contribution in [0.5, 0.6) is 0 Å². The monoisotopic (exact) mass is 336 g/mol. The highest BCUT2D eigenvalue weighted by atomic mass is 32.2. The zero-order chi connectivity index (χ0) is 16.6. The Morgan fingerprint density at radius 2 is 1.67 bits per heavy atom. The topological polar surface area (TPSA) is 89.3 Å². The quantitative estimate of drug-likeness (QED) is 0.822. The van der Waals surface area contributed by atoms with E-state index in [9.17, 15) is 39.6 Å². The minimum absolute atomic E-state index is 0.240. The summed E-state index contributed by atoms with van der Waals surface area (Å²) < 4.78 is 96.5. The highest BCUT2D eigenvalue weighted by Gasteiger charge is 2.63. The highest BCUT2D eigenvalue weighted by molar-refractivity contribution is 7.89. The largest absolute Gasteiger partial charge is 0.463 e. The molecule has 21 heavy (non-hydrogen) atoms.